The number of amides is 1. The van der Waals surface area contributed by atoms with Gasteiger partial charge in [0.1, 0.15) is 6.10 Å². The number of hydrogen-bond donors (Lipinski definition) is 2. The lowest BCUT2D eigenvalue weighted by atomic mass is 9.93. The number of para-hydroxylation sites is 1. The maximum absolute atomic E-state index is 12.2. The highest BCUT2D eigenvalue weighted by atomic mass is 16.5. The molecule has 1 unspecified atom stereocenters. The third-order valence-corrected chi connectivity index (χ3v) is 5.10. The summed E-state index contributed by atoms with van der Waals surface area (Å²) in [5.74, 6) is 0.0567. The van der Waals surface area contributed by atoms with Crippen molar-refractivity contribution in [3.63, 3.8) is 0 Å². The Kier molecular flexibility index (Phi) is 3.22. The number of benzene rings is 1. The Labute approximate surface area is 130 Å². The van der Waals surface area contributed by atoms with Crippen molar-refractivity contribution in [2.45, 2.75) is 44.1 Å². The molecule has 2 heterocycles. The van der Waals surface area contributed by atoms with E-state index >= 15 is 0 Å². The van der Waals surface area contributed by atoms with Gasteiger partial charge in [-0.15, -0.1) is 0 Å². The van der Waals surface area contributed by atoms with E-state index in [9.17, 15) is 4.79 Å². The van der Waals surface area contributed by atoms with Gasteiger partial charge in [0.25, 0.3) is 0 Å². The van der Waals surface area contributed by atoms with Crippen molar-refractivity contribution < 1.29 is 9.53 Å². The summed E-state index contributed by atoms with van der Waals surface area (Å²) in [4.78, 5) is 15.7. The zero-order valence-electron chi connectivity index (χ0n) is 12.9. The molecule has 1 atom stereocenters. The number of aromatic nitrogens is 1. The molecule has 4 rings (SSSR count). The second-order valence-corrected chi connectivity index (χ2v) is 6.67. The van der Waals surface area contributed by atoms with Gasteiger partial charge in [-0.05, 0) is 44.2 Å². The van der Waals surface area contributed by atoms with Gasteiger partial charge in [0, 0.05) is 35.2 Å². The number of fused-ring (bicyclic) bond motifs is 1. The minimum absolute atomic E-state index is 0.0567. The number of hydrogen-bond acceptors (Lipinski definition) is 2. The quantitative estimate of drug-likeness (QED) is 0.912. The highest BCUT2D eigenvalue weighted by Gasteiger charge is 2.47. The fourth-order valence-electron chi connectivity index (χ4n) is 3.78. The summed E-state index contributed by atoms with van der Waals surface area (Å²) in [5.41, 5.74) is 3.91. The molecular weight excluding hydrogens is 276 g/mol. The Balaban J connectivity index is 1.55. The first-order valence-corrected chi connectivity index (χ1v) is 8.17. The average Bonchev–Trinajstić information content (AvgIpc) is 2.97. The van der Waals surface area contributed by atoms with Gasteiger partial charge in [0.05, 0.1) is 0 Å². The zero-order chi connectivity index (χ0) is 15.2. The zero-order valence-corrected chi connectivity index (χ0v) is 12.9. The molecule has 0 spiro atoms. The van der Waals surface area contributed by atoms with E-state index in [2.05, 4.69) is 41.5 Å². The van der Waals surface area contributed by atoms with E-state index in [4.69, 9.17) is 4.74 Å². The van der Waals surface area contributed by atoms with Crippen LogP contribution < -0.4 is 5.32 Å². The van der Waals surface area contributed by atoms with E-state index in [1.165, 1.54) is 22.2 Å². The number of ether oxygens (including phenoxy) is 1. The lowest BCUT2D eigenvalue weighted by molar-refractivity contribution is -0.130. The van der Waals surface area contributed by atoms with Crippen molar-refractivity contribution in [3.8, 4) is 0 Å². The number of aromatic amines is 1. The fraction of sp³-hybridized carbons (Fsp3) is 0.500. The molecule has 1 aliphatic heterocycles. The molecule has 1 aliphatic carbocycles. The lowest BCUT2D eigenvalue weighted by Gasteiger charge is -2.18. The molecule has 2 aromatic rings. The Morgan fingerprint density at radius 1 is 1.41 bits per heavy atom. The summed E-state index contributed by atoms with van der Waals surface area (Å²) in [6, 6.07) is 8.43. The van der Waals surface area contributed by atoms with Crippen molar-refractivity contribution in [2.75, 3.05) is 13.2 Å². The van der Waals surface area contributed by atoms with Crippen LogP contribution in [0.15, 0.2) is 24.3 Å². The number of H-pyrrole nitrogens is 1. The maximum Gasteiger partial charge on any atom is 0.249 e. The molecule has 4 nitrogen and oxygen atoms in total. The van der Waals surface area contributed by atoms with Crippen molar-refractivity contribution in [1.82, 2.24) is 10.3 Å². The standard InChI is InChI=1S/C18H22N2O2/c1-12-16(13-5-2-3-6-14(13)20-12)18(8-9-18)11-19-17(21)15-7-4-10-22-15/h2-3,5-6,15,20H,4,7-11H2,1H3,(H,19,21). The monoisotopic (exact) mass is 298 g/mol. The molecule has 1 aromatic heterocycles. The van der Waals surface area contributed by atoms with Crippen LogP contribution in [0.2, 0.25) is 0 Å². The molecule has 1 amide bonds. The molecule has 4 heteroatoms. The summed E-state index contributed by atoms with van der Waals surface area (Å²) in [6.45, 7) is 3.57. The Bertz CT molecular complexity index is 709. The first-order valence-electron chi connectivity index (χ1n) is 8.17. The highest BCUT2D eigenvalue weighted by molar-refractivity contribution is 5.87. The maximum atomic E-state index is 12.2. The van der Waals surface area contributed by atoms with Gasteiger partial charge in [-0.2, -0.15) is 0 Å². The Morgan fingerprint density at radius 3 is 2.95 bits per heavy atom. The molecule has 1 saturated carbocycles. The van der Waals surface area contributed by atoms with Crippen LogP contribution in [-0.2, 0) is 14.9 Å². The summed E-state index contributed by atoms with van der Waals surface area (Å²) in [5, 5.41) is 4.42. The van der Waals surface area contributed by atoms with Gasteiger partial charge in [-0.3, -0.25) is 4.79 Å². The SMILES string of the molecule is Cc1[nH]c2ccccc2c1C1(CNC(=O)C2CCCO2)CC1. The predicted molar refractivity (Wildman–Crippen MR) is 85.9 cm³/mol. The first-order chi connectivity index (χ1) is 10.7. The van der Waals surface area contributed by atoms with Gasteiger partial charge < -0.3 is 15.0 Å². The topological polar surface area (TPSA) is 54.1 Å². The van der Waals surface area contributed by atoms with Crippen molar-refractivity contribution >= 4 is 16.8 Å². The smallest absolute Gasteiger partial charge is 0.249 e. The van der Waals surface area contributed by atoms with Crippen LogP contribution in [0.25, 0.3) is 10.9 Å². The summed E-state index contributed by atoms with van der Waals surface area (Å²) >= 11 is 0. The summed E-state index contributed by atoms with van der Waals surface area (Å²) in [6.07, 6.45) is 3.89. The summed E-state index contributed by atoms with van der Waals surface area (Å²) < 4.78 is 5.47. The van der Waals surface area contributed by atoms with E-state index in [-0.39, 0.29) is 17.4 Å². The minimum Gasteiger partial charge on any atom is -0.368 e. The predicted octanol–water partition coefficient (Wildman–Crippen LogP) is 2.80. The lowest BCUT2D eigenvalue weighted by Crippen LogP contribution is -2.39. The largest absolute Gasteiger partial charge is 0.368 e. The van der Waals surface area contributed by atoms with Crippen LogP contribution in [0.3, 0.4) is 0 Å². The van der Waals surface area contributed by atoms with Crippen LogP contribution >= 0.6 is 0 Å². The molecule has 0 bridgehead atoms. The van der Waals surface area contributed by atoms with E-state index < -0.39 is 0 Å². The molecule has 0 radical (unpaired) electrons. The van der Waals surface area contributed by atoms with E-state index in [0.29, 0.717) is 13.2 Å². The normalized spacial score (nSPS) is 22.9. The van der Waals surface area contributed by atoms with Crippen LogP contribution in [0.5, 0.6) is 0 Å². The van der Waals surface area contributed by atoms with Gasteiger partial charge >= 0.3 is 0 Å². The molecule has 22 heavy (non-hydrogen) atoms. The molecule has 116 valence electrons. The molecule has 2 aliphatic rings. The number of carbonyl (C=O) groups is 1. The van der Waals surface area contributed by atoms with E-state index in [1.807, 2.05) is 0 Å². The fourth-order valence-corrected chi connectivity index (χ4v) is 3.78. The van der Waals surface area contributed by atoms with Crippen molar-refractivity contribution in [1.29, 1.82) is 0 Å². The molecule has 1 saturated heterocycles. The van der Waals surface area contributed by atoms with E-state index in [1.54, 1.807) is 0 Å². The highest BCUT2D eigenvalue weighted by Crippen LogP contribution is 2.51. The molecule has 1 aromatic carbocycles. The number of carbonyl (C=O) groups excluding carboxylic acids is 1. The Morgan fingerprint density at radius 2 is 2.23 bits per heavy atom. The van der Waals surface area contributed by atoms with Crippen molar-refractivity contribution in [3.05, 3.63) is 35.5 Å². The van der Waals surface area contributed by atoms with Gasteiger partial charge in [-0.1, -0.05) is 18.2 Å². The van der Waals surface area contributed by atoms with Gasteiger partial charge in [-0.25, -0.2) is 0 Å². The Hall–Kier alpha value is -1.81. The van der Waals surface area contributed by atoms with Crippen LogP contribution in [0.1, 0.15) is 36.9 Å². The number of nitrogens with one attached hydrogen (secondary N) is 2. The molecular formula is C18H22N2O2. The molecule has 2 fully saturated rings. The number of rotatable bonds is 4. The van der Waals surface area contributed by atoms with Crippen LogP contribution in [0.4, 0.5) is 0 Å². The first kappa shape index (κ1) is 13.8. The van der Waals surface area contributed by atoms with Gasteiger partial charge in [0.2, 0.25) is 5.91 Å². The number of aryl methyl sites for hydroxylation is 1. The van der Waals surface area contributed by atoms with Crippen molar-refractivity contribution in [2.24, 2.45) is 0 Å². The average molecular weight is 298 g/mol. The third kappa shape index (κ3) is 2.22. The molecule has 2 N–H and O–H groups in total. The van der Waals surface area contributed by atoms with Crippen LogP contribution in [0, 0.1) is 6.92 Å². The van der Waals surface area contributed by atoms with Crippen LogP contribution in [-0.4, -0.2) is 30.1 Å². The third-order valence-electron chi connectivity index (χ3n) is 5.10. The summed E-state index contributed by atoms with van der Waals surface area (Å²) in [7, 11) is 0. The van der Waals surface area contributed by atoms with E-state index in [0.717, 1.165) is 25.7 Å². The minimum atomic E-state index is -0.236. The van der Waals surface area contributed by atoms with Gasteiger partial charge in [0.15, 0.2) is 0 Å². The second-order valence-electron chi connectivity index (χ2n) is 6.67. The second kappa shape index (κ2) is 5.13.